The Balaban J connectivity index is 2.24. The molecule has 3 atom stereocenters. The van der Waals surface area contributed by atoms with Crippen LogP contribution < -0.4 is 4.90 Å². The molecule has 1 aliphatic rings. The fraction of sp³-hybridized carbons (Fsp3) is 0.571. The zero-order valence-electron chi connectivity index (χ0n) is 11.2. The molecule has 0 radical (unpaired) electrons. The van der Waals surface area contributed by atoms with Gasteiger partial charge in [-0.15, -0.1) is 0 Å². The van der Waals surface area contributed by atoms with E-state index in [9.17, 15) is 10.2 Å². The molecule has 1 aromatic carbocycles. The third-order valence-corrected chi connectivity index (χ3v) is 3.78. The first-order valence-corrected chi connectivity index (χ1v) is 6.87. The van der Waals surface area contributed by atoms with Crippen molar-refractivity contribution in [3.05, 3.63) is 28.8 Å². The van der Waals surface area contributed by atoms with E-state index in [-0.39, 0.29) is 18.8 Å². The van der Waals surface area contributed by atoms with E-state index in [0.29, 0.717) is 18.2 Å². The number of rotatable bonds is 3. The molecule has 1 aromatic rings. The van der Waals surface area contributed by atoms with Crippen LogP contribution in [0, 0.1) is 0 Å². The Morgan fingerprint density at radius 2 is 2.26 bits per heavy atom. The smallest absolute Gasteiger partial charge is 0.0981 e. The highest BCUT2D eigenvalue weighted by Crippen LogP contribution is 2.31. The number of anilines is 1. The minimum Gasteiger partial charge on any atom is -0.394 e. The molecule has 1 saturated heterocycles. The van der Waals surface area contributed by atoms with E-state index in [1.165, 1.54) is 0 Å². The Morgan fingerprint density at radius 1 is 1.53 bits per heavy atom. The van der Waals surface area contributed by atoms with Crippen LogP contribution in [-0.2, 0) is 4.74 Å². The number of hydrogen-bond acceptors (Lipinski definition) is 4. The van der Waals surface area contributed by atoms with Crippen LogP contribution in [0.3, 0.4) is 0 Å². The number of ether oxygens (including phenoxy) is 1. The minimum absolute atomic E-state index is 0.00654. The van der Waals surface area contributed by atoms with Gasteiger partial charge >= 0.3 is 0 Å². The summed E-state index contributed by atoms with van der Waals surface area (Å²) < 4.78 is 5.52. The van der Waals surface area contributed by atoms with E-state index < -0.39 is 6.10 Å². The van der Waals surface area contributed by atoms with Gasteiger partial charge in [-0.2, -0.15) is 0 Å². The van der Waals surface area contributed by atoms with Crippen molar-refractivity contribution in [2.45, 2.75) is 32.1 Å². The van der Waals surface area contributed by atoms with Gasteiger partial charge in [0.15, 0.2) is 0 Å². The molecule has 2 rings (SSSR count). The lowest BCUT2D eigenvalue weighted by atomic mass is 10.1. The maximum absolute atomic E-state index is 9.56. The Kier molecular flexibility index (Phi) is 4.68. The largest absolute Gasteiger partial charge is 0.394 e. The molecule has 2 unspecified atom stereocenters. The highest BCUT2D eigenvalue weighted by Gasteiger charge is 2.27. The van der Waals surface area contributed by atoms with Crippen LogP contribution in [0.5, 0.6) is 0 Å². The van der Waals surface area contributed by atoms with Crippen molar-refractivity contribution in [2.75, 3.05) is 24.7 Å². The van der Waals surface area contributed by atoms with Crippen molar-refractivity contribution in [3.8, 4) is 0 Å². The van der Waals surface area contributed by atoms with E-state index in [0.717, 1.165) is 11.3 Å². The van der Waals surface area contributed by atoms with Crippen LogP contribution in [-0.4, -0.2) is 42.1 Å². The second-order valence-corrected chi connectivity index (χ2v) is 5.43. The van der Waals surface area contributed by atoms with E-state index in [1.54, 1.807) is 13.0 Å². The number of aliphatic hydroxyl groups excluding tert-OH is 2. The quantitative estimate of drug-likeness (QED) is 0.892. The number of aliphatic hydroxyl groups is 2. The summed E-state index contributed by atoms with van der Waals surface area (Å²) in [6.07, 6.45) is -0.706. The maximum atomic E-state index is 9.56. The third-order valence-electron chi connectivity index (χ3n) is 3.47. The van der Waals surface area contributed by atoms with E-state index in [1.807, 2.05) is 12.1 Å². The molecule has 19 heavy (non-hydrogen) atoms. The van der Waals surface area contributed by atoms with Crippen LogP contribution in [0.4, 0.5) is 5.69 Å². The van der Waals surface area contributed by atoms with E-state index in [4.69, 9.17) is 16.3 Å². The molecule has 1 fully saturated rings. The molecule has 106 valence electrons. The van der Waals surface area contributed by atoms with Gasteiger partial charge in [-0.25, -0.2) is 0 Å². The van der Waals surface area contributed by atoms with Crippen molar-refractivity contribution in [1.82, 2.24) is 0 Å². The first kappa shape index (κ1) is 14.6. The topological polar surface area (TPSA) is 52.9 Å². The van der Waals surface area contributed by atoms with Gasteiger partial charge in [0, 0.05) is 12.6 Å². The Hall–Kier alpha value is -0.810. The van der Waals surface area contributed by atoms with Crippen LogP contribution in [0.25, 0.3) is 0 Å². The molecule has 5 heteroatoms. The number of benzene rings is 1. The summed E-state index contributed by atoms with van der Waals surface area (Å²) in [5, 5.41) is 19.4. The standard InChI is InChI=1S/C14H20ClNO3/c1-9-8-19-12(7-17)6-16(9)14-4-3-11(10(2)18)5-13(14)15/h3-5,9-10,12,17-18H,6-8H2,1-2H3/t9?,10-,12?/m1/s1. The Labute approximate surface area is 118 Å². The van der Waals surface area contributed by atoms with Gasteiger partial charge in [0.25, 0.3) is 0 Å². The average molecular weight is 286 g/mol. The second kappa shape index (κ2) is 6.09. The van der Waals surface area contributed by atoms with Crippen LogP contribution >= 0.6 is 11.6 Å². The lowest BCUT2D eigenvalue weighted by Crippen LogP contribution is -2.49. The normalized spacial score (nSPS) is 25.4. The summed E-state index contributed by atoms with van der Waals surface area (Å²) in [5.41, 5.74) is 1.72. The molecule has 4 nitrogen and oxygen atoms in total. The summed E-state index contributed by atoms with van der Waals surface area (Å²) >= 11 is 6.31. The van der Waals surface area contributed by atoms with E-state index in [2.05, 4.69) is 11.8 Å². The van der Waals surface area contributed by atoms with Gasteiger partial charge in [-0.05, 0) is 31.5 Å². The number of morpholine rings is 1. The predicted molar refractivity (Wildman–Crippen MR) is 75.7 cm³/mol. The second-order valence-electron chi connectivity index (χ2n) is 5.03. The fourth-order valence-corrected chi connectivity index (χ4v) is 2.58. The first-order valence-electron chi connectivity index (χ1n) is 6.49. The summed E-state index contributed by atoms with van der Waals surface area (Å²) in [6, 6.07) is 5.79. The highest BCUT2D eigenvalue weighted by molar-refractivity contribution is 6.33. The molecule has 2 N–H and O–H groups in total. The van der Waals surface area contributed by atoms with Crippen molar-refractivity contribution >= 4 is 17.3 Å². The number of halogens is 1. The molecule has 0 saturated carbocycles. The monoisotopic (exact) mass is 285 g/mol. The van der Waals surface area contributed by atoms with Crippen LogP contribution in [0.2, 0.25) is 5.02 Å². The SMILES string of the molecule is CC1COC(CO)CN1c1ccc([C@@H](C)O)cc1Cl. The summed E-state index contributed by atoms with van der Waals surface area (Å²) in [7, 11) is 0. The molecule has 1 heterocycles. The van der Waals surface area contributed by atoms with E-state index >= 15 is 0 Å². The van der Waals surface area contributed by atoms with Crippen molar-refractivity contribution in [1.29, 1.82) is 0 Å². The lowest BCUT2D eigenvalue weighted by molar-refractivity contribution is -0.0103. The Morgan fingerprint density at radius 3 is 2.84 bits per heavy atom. The van der Waals surface area contributed by atoms with Crippen molar-refractivity contribution in [2.24, 2.45) is 0 Å². The Bertz CT molecular complexity index is 439. The van der Waals surface area contributed by atoms with Crippen LogP contribution in [0.15, 0.2) is 18.2 Å². The molecule has 0 spiro atoms. The highest BCUT2D eigenvalue weighted by atomic mass is 35.5. The van der Waals surface area contributed by atoms with Crippen molar-refractivity contribution < 1.29 is 14.9 Å². The van der Waals surface area contributed by atoms with Gasteiger partial charge < -0.3 is 19.8 Å². The van der Waals surface area contributed by atoms with Gasteiger partial charge in [0.2, 0.25) is 0 Å². The fourth-order valence-electron chi connectivity index (χ4n) is 2.28. The zero-order chi connectivity index (χ0) is 14.0. The maximum Gasteiger partial charge on any atom is 0.0981 e. The first-order chi connectivity index (χ1) is 9.02. The third kappa shape index (κ3) is 3.20. The molecule has 0 bridgehead atoms. The molecule has 1 aliphatic heterocycles. The molecular formula is C14H20ClNO3. The van der Waals surface area contributed by atoms with Crippen molar-refractivity contribution in [3.63, 3.8) is 0 Å². The summed E-state index contributed by atoms with van der Waals surface area (Å²) in [6.45, 7) is 4.97. The summed E-state index contributed by atoms with van der Waals surface area (Å²) in [5.74, 6) is 0. The lowest BCUT2D eigenvalue weighted by Gasteiger charge is -2.39. The van der Waals surface area contributed by atoms with Gasteiger partial charge in [-0.1, -0.05) is 17.7 Å². The molecule has 0 aliphatic carbocycles. The number of hydrogen-bond donors (Lipinski definition) is 2. The molecule has 0 aromatic heterocycles. The minimum atomic E-state index is -0.529. The van der Waals surface area contributed by atoms with Gasteiger partial charge in [0.05, 0.1) is 36.1 Å². The average Bonchev–Trinajstić information content (AvgIpc) is 2.39. The van der Waals surface area contributed by atoms with Crippen LogP contribution in [0.1, 0.15) is 25.5 Å². The predicted octanol–water partition coefficient (Wildman–Crippen LogP) is 1.98. The molecule has 0 amide bonds. The zero-order valence-corrected chi connectivity index (χ0v) is 12.0. The molecular weight excluding hydrogens is 266 g/mol. The van der Waals surface area contributed by atoms with Gasteiger partial charge in [0.1, 0.15) is 0 Å². The summed E-state index contributed by atoms with van der Waals surface area (Å²) in [4.78, 5) is 2.14. The van der Waals surface area contributed by atoms with Gasteiger partial charge in [-0.3, -0.25) is 0 Å². The number of nitrogens with zero attached hydrogens (tertiary/aromatic N) is 1.